The Bertz CT molecular complexity index is 654. The number of rotatable bonds is 5. The normalized spacial score (nSPS) is 15.6. The smallest absolute Gasteiger partial charge is 0.410 e. The van der Waals surface area contributed by atoms with Gasteiger partial charge in [-0.2, -0.15) is 0 Å². The molecule has 1 aliphatic heterocycles. The van der Waals surface area contributed by atoms with Crippen LogP contribution < -0.4 is 10.1 Å². The average Bonchev–Trinajstić information content (AvgIpc) is 2.60. The lowest BCUT2D eigenvalue weighted by molar-refractivity contribution is -0.117. The van der Waals surface area contributed by atoms with E-state index in [-0.39, 0.29) is 18.0 Å². The molecule has 1 aromatic carbocycles. The van der Waals surface area contributed by atoms with E-state index in [4.69, 9.17) is 9.47 Å². The number of benzene rings is 1. The maximum atomic E-state index is 12.1. The first-order valence-electron chi connectivity index (χ1n) is 9.46. The minimum atomic E-state index is -0.492. The molecule has 6 heteroatoms. The third kappa shape index (κ3) is 7.33. The summed E-state index contributed by atoms with van der Waals surface area (Å²) in [5, 5.41) is 3.00. The molecule has 0 spiro atoms. The molecule has 148 valence electrons. The average molecular weight is 374 g/mol. The molecule has 1 heterocycles. The van der Waals surface area contributed by atoms with E-state index in [9.17, 15) is 9.59 Å². The van der Waals surface area contributed by atoms with Gasteiger partial charge in [-0.05, 0) is 64.3 Å². The zero-order chi connectivity index (χ0) is 19.9. The van der Waals surface area contributed by atoms with Crippen LogP contribution >= 0.6 is 0 Å². The van der Waals surface area contributed by atoms with Crippen LogP contribution in [0.4, 0.5) is 4.79 Å². The molecule has 0 bridgehead atoms. The summed E-state index contributed by atoms with van der Waals surface area (Å²) >= 11 is 0. The number of carbonyl (C=O) groups is 2. The van der Waals surface area contributed by atoms with Gasteiger partial charge < -0.3 is 19.7 Å². The molecule has 1 aliphatic rings. The minimum Gasteiger partial charge on any atom is -0.494 e. The molecule has 1 aromatic rings. The van der Waals surface area contributed by atoms with Crippen LogP contribution in [0.5, 0.6) is 5.75 Å². The number of likely N-dealkylation sites (tertiary alicyclic amines) is 1. The summed E-state index contributed by atoms with van der Waals surface area (Å²) in [6.45, 7) is 9.31. The summed E-state index contributed by atoms with van der Waals surface area (Å²) in [5.41, 5.74) is 0.446. The van der Waals surface area contributed by atoms with Crippen LogP contribution in [-0.4, -0.2) is 48.2 Å². The van der Waals surface area contributed by atoms with Crippen molar-refractivity contribution >= 4 is 18.1 Å². The fourth-order valence-corrected chi connectivity index (χ4v) is 2.80. The number of amides is 2. The predicted octanol–water partition coefficient (Wildman–Crippen LogP) is 3.61. The molecule has 0 radical (unpaired) electrons. The van der Waals surface area contributed by atoms with Gasteiger partial charge in [0.2, 0.25) is 5.91 Å². The molecule has 27 heavy (non-hydrogen) atoms. The molecule has 2 rings (SSSR count). The number of piperidine rings is 1. The van der Waals surface area contributed by atoms with Gasteiger partial charge in [0.15, 0.2) is 0 Å². The number of ether oxygens (including phenoxy) is 2. The molecule has 1 N–H and O–H groups in total. The number of hydrogen-bond acceptors (Lipinski definition) is 4. The van der Waals surface area contributed by atoms with Gasteiger partial charge in [-0.1, -0.05) is 12.1 Å². The van der Waals surface area contributed by atoms with Gasteiger partial charge in [0, 0.05) is 25.2 Å². The molecule has 0 aliphatic carbocycles. The highest BCUT2D eigenvalue weighted by Gasteiger charge is 2.27. The summed E-state index contributed by atoms with van der Waals surface area (Å²) < 4.78 is 10.8. The second-order valence-electron chi connectivity index (χ2n) is 7.59. The summed E-state index contributed by atoms with van der Waals surface area (Å²) in [6.07, 6.45) is 4.48. The van der Waals surface area contributed by atoms with E-state index in [2.05, 4.69) is 5.32 Å². The van der Waals surface area contributed by atoms with Crippen molar-refractivity contribution in [2.75, 3.05) is 19.7 Å². The van der Waals surface area contributed by atoms with Crippen LogP contribution in [0.1, 0.15) is 46.1 Å². The van der Waals surface area contributed by atoms with E-state index in [1.54, 1.807) is 11.0 Å². The zero-order valence-electron chi connectivity index (χ0n) is 16.7. The van der Waals surface area contributed by atoms with Crippen LogP contribution in [0, 0.1) is 0 Å². The third-order valence-corrected chi connectivity index (χ3v) is 4.11. The molecule has 0 unspecified atom stereocenters. The largest absolute Gasteiger partial charge is 0.494 e. The van der Waals surface area contributed by atoms with E-state index in [0.717, 1.165) is 24.2 Å². The van der Waals surface area contributed by atoms with Crippen molar-refractivity contribution in [3.8, 4) is 5.75 Å². The minimum absolute atomic E-state index is 0.0705. The van der Waals surface area contributed by atoms with Gasteiger partial charge in [-0.15, -0.1) is 0 Å². The summed E-state index contributed by atoms with van der Waals surface area (Å²) in [5.74, 6) is 0.690. The first-order chi connectivity index (χ1) is 12.8. The topological polar surface area (TPSA) is 67.9 Å². The summed E-state index contributed by atoms with van der Waals surface area (Å²) in [7, 11) is 0. The van der Waals surface area contributed by atoms with Gasteiger partial charge in [0.1, 0.15) is 11.4 Å². The van der Waals surface area contributed by atoms with Crippen molar-refractivity contribution in [3.63, 3.8) is 0 Å². The fourth-order valence-electron chi connectivity index (χ4n) is 2.80. The Morgan fingerprint density at radius 1 is 1.19 bits per heavy atom. The fraction of sp³-hybridized carbons (Fsp3) is 0.524. The van der Waals surface area contributed by atoms with Gasteiger partial charge >= 0.3 is 6.09 Å². The second kappa shape index (κ2) is 9.44. The van der Waals surface area contributed by atoms with Crippen molar-refractivity contribution in [2.24, 2.45) is 0 Å². The lowest BCUT2D eigenvalue weighted by Gasteiger charge is -2.33. The van der Waals surface area contributed by atoms with Crippen molar-refractivity contribution < 1.29 is 19.1 Å². The predicted molar refractivity (Wildman–Crippen MR) is 106 cm³/mol. The maximum absolute atomic E-state index is 12.1. The molecule has 1 saturated heterocycles. The molecule has 2 amide bonds. The number of hydrogen-bond donors (Lipinski definition) is 1. The monoisotopic (exact) mass is 374 g/mol. The highest BCUT2D eigenvalue weighted by molar-refractivity contribution is 5.91. The molecular formula is C21H30N2O4. The van der Waals surface area contributed by atoms with Crippen LogP contribution in [-0.2, 0) is 9.53 Å². The highest BCUT2D eigenvalue weighted by atomic mass is 16.6. The van der Waals surface area contributed by atoms with E-state index >= 15 is 0 Å². The van der Waals surface area contributed by atoms with Crippen LogP contribution in [0.3, 0.4) is 0 Å². The lowest BCUT2D eigenvalue weighted by Crippen LogP contribution is -2.47. The number of carbonyl (C=O) groups excluding carboxylic acids is 2. The van der Waals surface area contributed by atoms with E-state index < -0.39 is 5.60 Å². The molecule has 1 fully saturated rings. The number of nitrogens with one attached hydrogen (secondary N) is 1. The maximum Gasteiger partial charge on any atom is 0.410 e. The standard InChI is InChI=1S/C21H30N2O4/c1-5-26-18-9-6-16(7-10-18)8-11-19(24)22-17-12-14-23(15-13-17)20(25)27-21(2,3)4/h6-11,17H,5,12-15H2,1-4H3,(H,22,24). The second-order valence-corrected chi connectivity index (χ2v) is 7.59. The van der Waals surface area contributed by atoms with Gasteiger partial charge in [-0.25, -0.2) is 4.79 Å². The van der Waals surface area contributed by atoms with Gasteiger partial charge in [-0.3, -0.25) is 4.79 Å². The molecule has 0 aromatic heterocycles. The highest BCUT2D eigenvalue weighted by Crippen LogP contribution is 2.16. The Kier molecular flexibility index (Phi) is 7.28. The number of nitrogens with zero attached hydrogens (tertiary/aromatic N) is 1. The van der Waals surface area contributed by atoms with Crippen molar-refractivity contribution in [1.29, 1.82) is 0 Å². The van der Waals surface area contributed by atoms with Gasteiger partial charge in [0.05, 0.1) is 6.61 Å². The zero-order valence-corrected chi connectivity index (χ0v) is 16.7. The SMILES string of the molecule is CCOc1ccc(C=CC(=O)NC2CCN(C(=O)OC(C)(C)C)CC2)cc1. The molecular weight excluding hydrogens is 344 g/mol. The third-order valence-electron chi connectivity index (χ3n) is 4.11. The Balaban J connectivity index is 1.76. The van der Waals surface area contributed by atoms with E-state index in [1.807, 2.05) is 52.0 Å². The first kappa shape index (κ1) is 20.8. The van der Waals surface area contributed by atoms with Crippen molar-refractivity contribution in [2.45, 2.75) is 52.2 Å². The Morgan fingerprint density at radius 2 is 1.81 bits per heavy atom. The molecule has 0 saturated carbocycles. The van der Waals surface area contributed by atoms with E-state index in [0.29, 0.717) is 19.7 Å². The van der Waals surface area contributed by atoms with E-state index in [1.165, 1.54) is 6.08 Å². The quantitative estimate of drug-likeness (QED) is 0.800. The van der Waals surface area contributed by atoms with Crippen LogP contribution in [0.2, 0.25) is 0 Å². The first-order valence-corrected chi connectivity index (χ1v) is 9.46. The summed E-state index contributed by atoms with van der Waals surface area (Å²) in [4.78, 5) is 25.9. The Hall–Kier alpha value is -2.50. The van der Waals surface area contributed by atoms with Crippen molar-refractivity contribution in [1.82, 2.24) is 10.2 Å². The van der Waals surface area contributed by atoms with Crippen LogP contribution in [0.25, 0.3) is 6.08 Å². The summed E-state index contributed by atoms with van der Waals surface area (Å²) in [6, 6.07) is 7.66. The lowest BCUT2D eigenvalue weighted by atomic mass is 10.1. The van der Waals surface area contributed by atoms with Gasteiger partial charge in [0.25, 0.3) is 0 Å². The van der Waals surface area contributed by atoms with Crippen LogP contribution in [0.15, 0.2) is 30.3 Å². The Morgan fingerprint density at radius 3 is 2.37 bits per heavy atom. The molecule has 6 nitrogen and oxygen atoms in total. The van der Waals surface area contributed by atoms with Crippen molar-refractivity contribution in [3.05, 3.63) is 35.9 Å². The Labute approximate surface area is 161 Å². The molecule has 0 atom stereocenters.